The molecule has 0 fully saturated rings. The minimum absolute atomic E-state index is 0.0983. The number of carbonyl (C=O) groups excluding carboxylic acids is 1. The molecule has 0 bridgehead atoms. The smallest absolute Gasteiger partial charge is 0.256 e. The normalized spacial score (nSPS) is 18.9. The molecule has 1 aromatic carbocycles. The lowest BCUT2D eigenvalue weighted by Crippen LogP contribution is -2.42. The van der Waals surface area contributed by atoms with Crippen LogP contribution in [-0.2, 0) is 11.2 Å². The Morgan fingerprint density at radius 1 is 1.50 bits per heavy atom. The lowest BCUT2D eigenvalue weighted by molar-refractivity contribution is -0.132. The summed E-state index contributed by atoms with van der Waals surface area (Å²) in [6.45, 7) is 4.85. The summed E-state index contributed by atoms with van der Waals surface area (Å²) in [5, 5.41) is 0. The zero-order valence-corrected chi connectivity index (χ0v) is 12.1. The van der Waals surface area contributed by atoms with Crippen LogP contribution in [0.15, 0.2) is 18.2 Å². The summed E-state index contributed by atoms with van der Waals surface area (Å²) in [5.41, 5.74) is 3.79. The molecule has 0 N–H and O–H groups in total. The molecule has 1 aliphatic heterocycles. The van der Waals surface area contributed by atoms with Gasteiger partial charge >= 0.3 is 0 Å². The molecular weight excluding hydrogens is 269 g/mol. The number of nitrogens with zero attached hydrogens (tertiary/aromatic N) is 1. The number of carbonyl (C=O) groups is 1. The minimum Gasteiger partial charge on any atom is -0.333 e. The van der Waals surface area contributed by atoms with Gasteiger partial charge in [0.15, 0.2) is 4.84 Å². The Morgan fingerprint density at radius 3 is 2.83 bits per heavy atom. The number of benzene rings is 1. The van der Waals surface area contributed by atoms with E-state index in [1.807, 2.05) is 4.90 Å². The largest absolute Gasteiger partial charge is 0.333 e. The Balaban J connectivity index is 2.37. The molecule has 4 heteroatoms. The highest BCUT2D eigenvalue weighted by molar-refractivity contribution is 6.53. The Hall–Kier alpha value is -0.730. The van der Waals surface area contributed by atoms with Gasteiger partial charge in [-0.2, -0.15) is 0 Å². The van der Waals surface area contributed by atoms with E-state index in [-0.39, 0.29) is 11.9 Å². The predicted octanol–water partition coefficient (Wildman–Crippen LogP) is 3.63. The molecule has 1 atom stereocenters. The maximum atomic E-state index is 12.0. The molecule has 2 rings (SSSR count). The average Bonchev–Trinajstić information content (AvgIpc) is 2.36. The van der Waals surface area contributed by atoms with E-state index in [1.54, 1.807) is 0 Å². The summed E-state index contributed by atoms with van der Waals surface area (Å²) in [7, 11) is 0. The fourth-order valence-electron chi connectivity index (χ4n) is 2.65. The fraction of sp³-hybridized carbons (Fsp3) is 0.500. The van der Waals surface area contributed by atoms with E-state index < -0.39 is 4.84 Å². The summed E-state index contributed by atoms with van der Waals surface area (Å²) < 4.78 is 0. The first-order chi connectivity index (χ1) is 8.54. The van der Waals surface area contributed by atoms with Crippen molar-refractivity contribution in [3.8, 4) is 0 Å². The zero-order valence-electron chi connectivity index (χ0n) is 10.6. The lowest BCUT2D eigenvalue weighted by atomic mass is 9.90. The molecule has 98 valence electrons. The molecule has 1 aromatic rings. The van der Waals surface area contributed by atoms with Crippen LogP contribution in [0.4, 0.5) is 0 Å². The van der Waals surface area contributed by atoms with Gasteiger partial charge < -0.3 is 4.90 Å². The number of aryl methyl sites for hydroxylation is 1. The van der Waals surface area contributed by atoms with Gasteiger partial charge in [-0.1, -0.05) is 53.9 Å². The van der Waals surface area contributed by atoms with Crippen LogP contribution in [0.3, 0.4) is 0 Å². The van der Waals surface area contributed by atoms with Gasteiger partial charge in [0.1, 0.15) is 0 Å². The zero-order chi connectivity index (χ0) is 13.3. The van der Waals surface area contributed by atoms with E-state index in [0.717, 1.165) is 12.8 Å². The molecule has 1 aliphatic rings. The van der Waals surface area contributed by atoms with Crippen LogP contribution in [0.2, 0.25) is 0 Å². The summed E-state index contributed by atoms with van der Waals surface area (Å²) >= 11 is 11.4. The van der Waals surface area contributed by atoms with Crippen molar-refractivity contribution in [2.24, 2.45) is 0 Å². The maximum Gasteiger partial charge on any atom is 0.256 e. The number of alkyl halides is 2. The van der Waals surface area contributed by atoms with Gasteiger partial charge in [-0.05, 0) is 30.9 Å². The van der Waals surface area contributed by atoms with Crippen LogP contribution in [-0.4, -0.2) is 22.2 Å². The maximum absolute atomic E-state index is 12.0. The number of halogens is 2. The third kappa shape index (κ3) is 2.50. The third-order valence-electron chi connectivity index (χ3n) is 3.52. The number of hydrogen-bond donors (Lipinski definition) is 0. The van der Waals surface area contributed by atoms with Crippen LogP contribution in [0.25, 0.3) is 0 Å². The Kier molecular flexibility index (Phi) is 4.18. The molecule has 1 unspecified atom stereocenters. The molecule has 0 saturated heterocycles. The molecule has 0 saturated carbocycles. The molecule has 0 radical (unpaired) electrons. The van der Waals surface area contributed by atoms with Crippen molar-refractivity contribution in [1.82, 2.24) is 4.90 Å². The SMILES string of the molecule is CCC1c2cc(C)ccc2CCN1C(=O)C(Cl)Cl. The second-order valence-corrected chi connectivity index (χ2v) is 5.80. The Bertz CT molecular complexity index is 459. The van der Waals surface area contributed by atoms with Crippen LogP contribution < -0.4 is 0 Å². The molecule has 18 heavy (non-hydrogen) atoms. The molecule has 1 amide bonds. The standard InChI is InChI=1S/C14H17Cl2NO/c1-3-12-11-8-9(2)4-5-10(11)6-7-17(12)14(18)13(15)16/h4-5,8,12-13H,3,6-7H2,1-2H3. The first kappa shape index (κ1) is 13.7. The summed E-state index contributed by atoms with van der Waals surface area (Å²) in [6.07, 6.45) is 1.75. The van der Waals surface area contributed by atoms with Crippen LogP contribution >= 0.6 is 23.2 Å². The van der Waals surface area contributed by atoms with E-state index in [2.05, 4.69) is 32.0 Å². The number of amides is 1. The Labute approximate surface area is 118 Å². The van der Waals surface area contributed by atoms with Crippen molar-refractivity contribution in [3.63, 3.8) is 0 Å². The van der Waals surface area contributed by atoms with E-state index in [9.17, 15) is 4.79 Å². The van der Waals surface area contributed by atoms with Crippen molar-refractivity contribution in [2.45, 2.75) is 37.6 Å². The van der Waals surface area contributed by atoms with Crippen molar-refractivity contribution >= 4 is 29.1 Å². The number of hydrogen-bond acceptors (Lipinski definition) is 1. The second-order valence-electron chi connectivity index (χ2n) is 4.71. The van der Waals surface area contributed by atoms with E-state index >= 15 is 0 Å². The van der Waals surface area contributed by atoms with Gasteiger partial charge in [-0.25, -0.2) is 0 Å². The van der Waals surface area contributed by atoms with E-state index in [1.165, 1.54) is 16.7 Å². The number of rotatable bonds is 2. The lowest BCUT2D eigenvalue weighted by Gasteiger charge is -2.37. The van der Waals surface area contributed by atoms with Crippen LogP contribution in [0.5, 0.6) is 0 Å². The molecule has 0 aliphatic carbocycles. The van der Waals surface area contributed by atoms with Gasteiger partial charge in [0, 0.05) is 6.54 Å². The second kappa shape index (κ2) is 5.50. The highest BCUT2D eigenvalue weighted by Crippen LogP contribution is 2.33. The van der Waals surface area contributed by atoms with Gasteiger partial charge in [0.05, 0.1) is 6.04 Å². The summed E-state index contributed by atoms with van der Waals surface area (Å²) in [5.74, 6) is -0.183. The molecule has 0 aromatic heterocycles. The summed E-state index contributed by atoms with van der Waals surface area (Å²) in [6, 6.07) is 6.55. The van der Waals surface area contributed by atoms with E-state index in [4.69, 9.17) is 23.2 Å². The first-order valence-corrected chi connectivity index (χ1v) is 7.10. The number of fused-ring (bicyclic) bond motifs is 1. The summed E-state index contributed by atoms with van der Waals surface area (Å²) in [4.78, 5) is 12.9. The van der Waals surface area contributed by atoms with Crippen LogP contribution in [0.1, 0.15) is 36.1 Å². The molecule has 1 heterocycles. The van der Waals surface area contributed by atoms with Gasteiger partial charge in [-0.3, -0.25) is 4.79 Å². The van der Waals surface area contributed by atoms with Crippen LogP contribution in [0, 0.1) is 6.92 Å². The molecule has 2 nitrogen and oxygen atoms in total. The highest BCUT2D eigenvalue weighted by Gasteiger charge is 2.31. The minimum atomic E-state index is -0.967. The first-order valence-electron chi connectivity index (χ1n) is 6.22. The van der Waals surface area contributed by atoms with Crippen molar-refractivity contribution in [2.75, 3.05) is 6.54 Å². The monoisotopic (exact) mass is 285 g/mol. The van der Waals surface area contributed by atoms with Crippen molar-refractivity contribution in [1.29, 1.82) is 0 Å². The van der Waals surface area contributed by atoms with E-state index in [0.29, 0.717) is 6.54 Å². The van der Waals surface area contributed by atoms with Gasteiger partial charge in [0.2, 0.25) is 0 Å². The molecular formula is C14H17Cl2NO. The van der Waals surface area contributed by atoms with Crippen molar-refractivity contribution in [3.05, 3.63) is 34.9 Å². The quantitative estimate of drug-likeness (QED) is 0.760. The average molecular weight is 286 g/mol. The van der Waals surface area contributed by atoms with Gasteiger partial charge in [-0.15, -0.1) is 0 Å². The van der Waals surface area contributed by atoms with Gasteiger partial charge in [0.25, 0.3) is 5.91 Å². The van der Waals surface area contributed by atoms with Crippen molar-refractivity contribution < 1.29 is 4.79 Å². The fourth-order valence-corrected chi connectivity index (χ4v) is 2.90. The predicted molar refractivity (Wildman–Crippen MR) is 75.1 cm³/mol. The third-order valence-corrected chi connectivity index (χ3v) is 3.89. The Morgan fingerprint density at radius 2 is 2.22 bits per heavy atom. The topological polar surface area (TPSA) is 20.3 Å². The molecule has 0 spiro atoms. The highest BCUT2D eigenvalue weighted by atomic mass is 35.5.